The molecule has 1 unspecified atom stereocenters. The number of anilines is 2. The van der Waals surface area contributed by atoms with Gasteiger partial charge in [0.2, 0.25) is 0 Å². The molecule has 0 aliphatic carbocycles. The Morgan fingerprint density at radius 3 is 3.00 bits per heavy atom. The summed E-state index contributed by atoms with van der Waals surface area (Å²) in [6.07, 6.45) is 2.42. The fourth-order valence-electron chi connectivity index (χ4n) is 1.57. The molecule has 1 heterocycles. The first-order valence-corrected chi connectivity index (χ1v) is 5.71. The first kappa shape index (κ1) is 11.7. The number of aromatic amines is 1. The van der Waals surface area contributed by atoms with Crippen LogP contribution in [-0.2, 0) is 0 Å². The van der Waals surface area contributed by atoms with Gasteiger partial charge in [0.25, 0.3) is 0 Å². The molecule has 2 rings (SSSR count). The maximum absolute atomic E-state index is 9.93. The van der Waals surface area contributed by atoms with E-state index in [2.05, 4.69) is 15.5 Å². The molecule has 0 amide bonds. The Bertz CT molecular complexity index is 518. The predicted octanol–water partition coefficient (Wildman–Crippen LogP) is 1.72. The minimum atomic E-state index is -0.727. The SMILES string of the molecule is CCC(C)(O)CNc1cc2[nH]ncc2cc1N. The van der Waals surface area contributed by atoms with Gasteiger partial charge in [-0.25, -0.2) is 0 Å². The summed E-state index contributed by atoms with van der Waals surface area (Å²) < 4.78 is 0. The highest BCUT2D eigenvalue weighted by Crippen LogP contribution is 2.25. The number of nitrogens with zero attached hydrogens (tertiary/aromatic N) is 1. The minimum absolute atomic E-state index is 0.466. The second-order valence-corrected chi connectivity index (χ2v) is 4.60. The zero-order valence-electron chi connectivity index (χ0n) is 10.1. The normalized spacial score (nSPS) is 14.8. The highest BCUT2D eigenvalue weighted by atomic mass is 16.3. The third kappa shape index (κ3) is 2.50. The van der Waals surface area contributed by atoms with E-state index in [0.717, 1.165) is 16.6 Å². The van der Waals surface area contributed by atoms with E-state index in [0.29, 0.717) is 18.7 Å². The number of nitrogen functional groups attached to an aromatic ring is 1. The average molecular weight is 234 g/mol. The molecule has 1 aromatic heterocycles. The maximum atomic E-state index is 9.93. The number of aliphatic hydroxyl groups is 1. The number of nitrogens with two attached hydrogens (primary N) is 1. The third-order valence-electron chi connectivity index (χ3n) is 3.03. The van der Waals surface area contributed by atoms with E-state index in [9.17, 15) is 5.11 Å². The quantitative estimate of drug-likeness (QED) is 0.607. The van der Waals surface area contributed by atoms with Crippen molar-refractivity contribution in [2.45, 2.75) is 25.9 Å². The second kappa shape index (κ2) is 4.25. The van der Waals surface area contributed by atoms with Crippen molar-refractivity contribution in [2.75, 3.05) is 17.6 Å². The van der Waals surface area contributed by atoms with Gasteiger partial charge in [-0.3, -0.25) is 5.10 Å². The number of hydrogen-bond donors (Lipinski definition) is 4. The van der Waals surface area contributed by atoms with Crippen LogP contribution >= 0.6 is 0 Å². The van der Waals surface area contributed by atoms with Crippen molar-refractivity contribution >= 4 is 22.3 Å². The van der Waals surface area contributed by atoms with Crippen LogP contribution < -0.4 is 11.1 Å². The van der Waals surface area contributed by atoms with Crippen molar-refractivity contribution in [3.8, 4) is 0 Å². The molecule has 0 bridgehead atoms. The predicted molar refractivity (Wildman–Crippen MR) is 69.9 cm³/mol. The molecule has 1 atom stereocenters. The average Bonchev–Trinajstić information content (AvgIpc) is 2.73. The summed E-state index contributed by atoms with van der Waals surface area (Å²) in [4.78, 5) is 0. The number of rotatable bonds is 4. The van der Waals surface area contributed by atoms with E-state index < -0.39 is 5.60 Å². The van der Waals surface area contributed by atoms with E-state index >= 15 is 0 Å². The van der Waals surface area contributed by atoms with E-state index in [1.807, 2.05) is 19.1 Å². The van der Waals surface area contributed by atoms with Crippen LogP contribution in [0, 0.1) is 0 Å². The van der Waals surface area contributed by atoms with Crippen molar-refractivity contribution in [3.05, 3.63) is 18.3 Å². The first-order chi connectivity index (χ1) is 8.02. The zero-order valence-corrected chi connectivity index (χ0v) is 10.1. The summed E-state index contributed by atoms with van der Waals surface area (Å²) in [5.74, 6) is 0. The highest BCUT2D eigenvalue weighted by molar-refractivity contribution is 5.88. The van der Waals surface area contributed by atoms with Crippen molar-refractivity contribution in [1.29, 1.82) is 0 Å². The van der Waals surface area contributed by atoms with E-state index in [1.165, 1.54) is 0 Å². The topological polar surface area (TPSA) is 87.0 Å². The molecule has 0 aliphatic heterocycles. The Labute approximate surface area is 100 Å². The summed E-state index contributed by atoms with van der Waals surface area (Å²) in [7, 11) is 0. The molecular formula is C12H18N4O. The Kier molecular flexibility index (Phi) is 2.93. The van der Waals surface area contributed by atoms with Gasteiger partial charge in [0.1, 0.15) is 0 Å². The van der Waals surface area contributed by atoms with Gasteiger partial charge in [-0.1, -0.05) is 6.92 Å². The summed E-state index contributed by atoms with van der Waals surface area (Å²) in [6.45, 7) is 4.21. The summed E-state index contributed by atoms with van der Waals surface area (Å²) in [5.41, 5.74) is 7.61. The lowest BCUT2D eigenvalue weighted by Crippen LogP contribution is -2.32. The molecule has 1 aromatic carbocycles. The molecule has 5 nitrogen and oxygen atoms in total. The summed E-state index contributed by atoms with van der Waals surface area (Å²) in [6, 6.07) is 3.77. The van der Waals surface area contributed by atoms with Gasteiger partial charge in [0.05, 0.1) is 28.7 Å². The Morgan fingerprint density at radius 1 is 1.53 bits per heavy atom. The number of hydrogen-bond acceptors (Lipinski definition) is 4. The second-order valence-electron chi connectivity index (χ2n) is 4.60. The molecule has 0 fully saturated rings. The summed E-state index contributed by atoms with van der Waals surface area (Å²) in [5, 5.41) is 20.9. The van der Waals surface area contributed by atoms with Crippen LogP contribution in [0.5, 0.6) is 0 Å². The van der Waals surface area contributed by atoms with Crippen LogP contribution in [0.4, 0.5) is 11.4 Å². The van der Waals surface area contributed by atoms with Gasteiger partial charge in [-0.15, -0.1) is 0 Å². The molecule has 0 aliphatic rings. The Morgan fingerprint density at radius 2 is 2.29 bits per heavy atom. The molecule has 92 valence electrons. The van der Waals surface area contributed by atoms with Crippen molar-refractivity contribution in [3.63, 3.8) is 0 Å². The van der Waals surface area contributed by atoms with Gasteiger partial charge < -0.3 is 16.2 Å². The summed E-state index contributed by atoms with van der Waals surface area (Å²) >= 11 is 0. The molecule has 2 aromatic rings. The van der Waals surface area contributed by atoms with Gasteiger partial charge in [0.15, 0.2) is 0 Å². The van der Waals surface area contributed by atoms with Gasteiger partial charge >= 0.3 is 0 Å². The molecule has 5 N–H and O–H groups in total. The van der Waals surface area contributed by atoms with Gasteiger partial charge in [-0.05, 0) is 25.5 Å². The fourth-order valence-corrected chi connectivity index (χ4v) is 1.57. The van der Waals surface area contributed by atoms with E-state index in [4.69, 9.17) is 5.73 Å². The standard InChI is InChI=1S/C12H18N4O/c1-3-12(2,17)7-14-11-5-10-8(4-9(11)13)6-15-16-10/h4-6,14,17H,3,7,13H2,1-2H3,(H,15,16). The molecular weight excluding hydrogens is 216 g/mol. The van der Waals surface area contributed by atoms with E-state index in [1.54, 1.807) is 13.1 Å². The number of nitrogens with one attached hydrogen (secondary N) is 2. The van der Waals surface area contributed by atoms with Gasteiger partial charge in [0, 0.05) is 11.9 Å². The molecule has 0 spiro atoms. The third-order valence-corrected chi connectivity index (χ3v) is 3.03. The lowest BCUT2D eigenvalue weighted by Gasteiger charge is -2.22. The van der Waals surface area contributed by atoms with Crippen molar-refractivity contribution in [1.82, 2.24) is 10.2 Å². The van der Waals surface area contributed by atoms with Crippen LogP contribution in [-0.4, -0.2) is 27.4 Å². The monoisotopic (exact) mass is 234 g/mol. The maximum Gasteiger partial charge on any atom is 0.0788 e. The smallest absolute Gasteiger partial charge is 0.0788 e. The van der Waals surface area contributed by atoms with Crippen LogP contribution in [0.3, 0.4) is 0 Å². The molecule has 0 radical (unpaired) electrons. The number of benzene rings is 1. The van der Waals surface area contributed by atoms with Crippen LogP contribution in [0.2, 0.25) is 0 Å². The molecule has 0 saturated carbocycles. The zero-order chi connectivity index (χ0) is 12.5. The highest BCUT2D eigenvalue weighted by Gasteiger charge is 2.17. The lowest BCUT2D eigenvalue weighted by molar-refractivity contribution is 0.0697. The molecule has 0 saturated heterocycles. The Hall–Kier alpha value is -1.75. The largest absolute Gasteiger partial charge is 0.397 e. The number of fused-ring (bicyclic) bond motifs is 1. The number of H-pyrrole nitrogens is 1. The van der Waals surface area contributed by atoms with Crippen molar-refractivity contribution in [2.24, 2.45) is 0 Å². The van der Waals surface area contributed by atoms with E-state index in [-0.39, 0.29) is 0 Å². The van der Waals surface area contributed by atoms with Crippen LogP contribution in [0.1, 0.15) is 20.3 Å². The number of aromatic nitrogens is 2. The van der Waals surface area contributed by atoms with Crippen LogP contribution in [0.25, 0.3) is 10.9 Å². The lowest BCUT2D eigenvalue weighted by atomic mass is 10.0. The molecule has 5 heteroatoms. The van der Waals surface area contributed by atoms with Crippen LogP contribution in [0.15, 0.2) is 18.3 Å². The molecule has 17 heavy (non-hydrogen) atoms. The minimum Gasteiger partial charge on any atom is -0.397 e. The van der Waals surface area contributed by atoms with Gasteiger partial charge in [-0.2, -0.15) is 5.10 Å². The van der Waals surface area contributed by atoms with Crippen molar-refractivity contribution < 1.29 is 5.11 Å². The fraction of sp³-hybridized carbons (Fsp3) is 0.417. The first-order valence-electron chi connectivity index (χ1n) is 5.71. The Balaban J connectivity index is 2.20.